The van der Waals surface area contributed by atoms with Gasteiger partial charge in [0, 0.05) is 37.1 Å². The van der Waals surface area contributed by atoms with E-state index < -0.39 is 5.91 Å². The highest BCUT2D eigenvalue weighted by Gasteiger charge is 2.29. The molecule has 27 heavy (non-hydrogen) atoms. The maximum atomic E-state index is 12.4. The van der Waals surface area contributed by atoms with Crippen molar-refractivity contribution >= 4 is 11.7 Å². The summed E-state index contributed by atoms with van der Waals surface area (Å²) < 4.78 is 7.89. The molecule has 7 nitrogen and oxygen atoms in total. The van der Waals surface area contributed by atoms with Gasteiger partial charge in [0.2, 0.25) is 0 Å². The Kier molecular flexibility index (Phi) is 4.94. The van der Waals surface area contributed by atoms with Gasteiger partial charge in [0.25, 0.3) is 5.91 Å². The van der Waals surface area contributed by atoms with E-state index in [1.807, 2.05) is 10.6 Å². The molecular formula is C20H24N4O3. The lowest BCUT2D eigenvalue weighted by atomic mass is 9.93. The highest BCUT2D eigenvalue weighted by Crippen LogP contribution is 2.32. The highest BCUT2D eigenvalue weighted by atomic mass is 16.5. The fraction of sp³-hybridized carbons (Fsp3) is 0.450. The van der Waals surface area contributed by atoms with Crippen molar-refractivity contribution < 1.29 is 14.3 Å². The minimum Gasteiger partial charge on any atom is -0.490 e. The van der Waals surface area contributed by atoms with Gasteiger partial charge < -0.3 is 15.0 Å². The zero-order valence-electron chi connectivity index (χ0n) is 15.3. The topological polar surface area (TPSA) is 90.4 Å². The molecule has 2 aromatic heterocycles. The fourth-order valence-electron chi connectivity index (χ4n) is 4.01. The van der Waals surface area contributed by atoms with Gasteiger partial charge in [-0.25, -0.2) is 0 Å². The summed E-state index contributed by atoms with van der Waals surface area (Å²) in [6.07, 6.45) is 9.47. The molecule has 1 saturated heterocycles. The number of hydrogen-bond donors (Lipinski definition) is 1. The molecule has 7 heteroatoms. The van der Waals surface area contributed by atoms with Gasteiger partial charge in [-0.1, -0.05) is 0 Å². The Balaban J connectivity index is 1.64. The Bertz CT molecular complexity index is 868. The molecule has 0 spiro atoms. The van der Waals surface area contributed by atoms with Crippen LogP contribution < -0.4 is 10.5 Å². The number of hydrogen-bond acceptors (Lipinski definition) is 5. The van der Waals surface area contributed by atoms with E-state index in [0.29, 0.717) is 24.3 Å². The lowest BCUT2D eigenvalue weighted by Crippen LogP contribution is -2.25. The second-order valence-corrected chi connectivity index (χ2v) is 7.12. The number of pyridine rings is 1. The quantitative estimate of drug-likeness (QED) is 0.842. The first-order valence-electron chi connectivity index (χ1n) is 9.52. The minimum atomic E-state index is -0.583. The number of carbonyl (C=O) groups excluding carboxylic acids is 2. The molecular weight excluding hydrogens is 344 g/mol. The number of carbonyl (C=O) groups is 2. The van der Waals surface area contributed by atoms with Crippen LogP contribution in [-0.4, -0.2) is 52.4 Å². The summed E-state index contributed by atoms with van der Waals surface area (Å²) in [6, 6.07) is 1.82. The van der Waals surface area contributed by atoms with Crippen LogP contribution in [-0.2, 0) is 6.42 Å². The zero-order chi connectivity index (χ0) is 18.8. The summed E-state index contributed by atoms with van der Waals surface area (Å²) >= 11 is 0. The van der Waals surface area contributed by atoms with Gasteiger partial charge in [-0.15, -0.1) is 0 Å². The lowest BCUT2D eigenvalue weighted by molar-refractivity contribution is 0.0950. The standard InChI is InChI=1S/C20H24N4O3/c21-20(26)14-13-24(15-4-3-5-17(25)19(14)15)16-12-22-7-6-18(16)27-11-10-23-8-1-2-9-23/h6-7,12-13H,1-5,8-11H2,(H2,21,26). The summed E-state index contributed by atoms with van der Waals surface area (Å²) in [6.45, 7) is 3.72. The number of aromatic nitrogens is 2. The van der Waals surface area contributed by atoms with Gasteiger partial charge in [-0.05, 0) is 38.8 Å². The lowest BCUT2D eigenvalue weighted by Gasteiger charge is -2.19. The average Bonchev–Trinajstić information content (AvgIpc) is 3.31. The zero-order valence-corrected chi connectivity index (χ0v) is 15.3. The van der Waals surface area contributed by atoms with Crippen molar-refractivity contribution in [2.24, 2.45) is 5.73 Å². The van der Waals surface area contributed by atoms with Crippen molar-refractivity contribution in [2.45, 2.75) is 32.1 Å². The number of primary amides is 1. The Hall–Kier alpha value is -2.67. The number of nitrogens with two attached hydrogens (primary N) is 1. The number of rotatable bonds is 6. The van der Waals surface area contributed by atoms with Gasteiger partial charge >= 0.3 is 0 Å². The smallest absolute Gasteiger partial charge is 0.251 e. The molecule has 0 unspecified atom stereocenters. The molecule has 2 aliphatic rings. The summed E-state index contributed by atoms with van der Waals surface area (Å²) in [5.41, 5.74) is 7.81. The molecule has 1 amide bonds. The largest absolute Gasteiger partial charge is 0.490 e. The van der Waals surface area contributed by atoms with E-state index in [1.165, 1.54) is 12.8 Å². The van der Waals surface area contributed by atoms with Gasteiger partial charge in [0.1, 0.15) is 18.0 Å². The number of ketones is 1. The first-order chi connectivity index (χ1) is 13.1. The molecule has 2 N–H and O–H groups in total. The third-order valence-electron chi connectivity index (χ3n) is 5.35. The molecule has 4 rings (SSSR count). The monoisotopic (exact) mass is 368 g/mol. The molecule has 0 saturated carbocycles. The Morgan fingerprint density at radius 1 is 1.22 bits per heavy atom. The van der Waals surface area contributed by atoms with Crippen molar-refractivity contribution in [3.63, 3.8) is 0 Å². The second kappa shape index (κ2) is 7.52. The normalized spacial score (nSPS) is 17.1. The molecule has 1 aliphatic carbocycles. The van der Waals surface area contributed by atoms with Gasteiger partial charge in [0.05, 0.1) is 17.3 Å². The molecule has 1 fully saturated rings. The van der Waals surface area contributed by atoms with Gasteiger partial charge in [-0.2, -0.15) is 0 Å². The number of ether oxygens (including phenoxy) is 1. The molecule has 3 heterocycles. The maximum Gasteiger partial charge on any atom is 0.251 e. The third kappa shape index (κ3) is 3.47. The minimum absolute atomic E-state index is 0.0239. The second-order valence-electron chi connectivity index (χ2n) is 7.12. The molecule has 142 valence electrons. The van der Waals surface area contributed by atoms with Crippen LogP contribution in [0.5, 0.6) is 5.75 Å². The van der Waals surface area contributed by atoms with E-state index in [0.717, 1.165) is 43.9 Å². The van der Waals surface area contributed by atoms with E-state index in [1.54, 1.807) is 18.6 Å². The van der Waals surface area contributed by atoms with Crippen LogP contribution in [0.2, 0.25) is 0 Å². The Labute approximate surface area is 158 Å². The van der Waals surface area contributed by atoms with Crippen molar-refractivity contribution in [3.05, 3.63) is 41.5 Å². The third-order valence-corrected chi connectivity index (χ3v) is 5.35. The first kappa shape index (κ1) is 17.7. The number of fused-ring (bicyclic) bond motifs is 1. The fourth-order valence-corrected chi connectivity index (χ4v) is 4.01. The number of likely N-dealkylation sites (tertiary alicyclic amines) is 1. The highest BCUT2D eigenvalue weighted by molar-refractivity contribution is 6.09. The molecule has 0 bridgehead atoms. The van der Waals surface area contributed by atoms with Crippen LogP contribution >= 0.6 is 0 Å². The first-order valence-corrected chi connectivity index (χ1v) is 9.52. The molecule has 0 atom stereocenters. The Morgan fingerprint density at radius 2 is 2.04 bits per heavy atom. The summed E-state index contributed by atoms with van der Waals surface area (Å²) in [7, 11) is 0. The predicted molar refractivity (Wildman–Crippen MR) is 101 cm³/mol. The van der Waals surface area contributed by atoms with E-state index in [4.69, 9.17) is 10.5 Å². The summed E-state index contributed by atoms with van der Waals surface area (Å²) in [5, 5.41) is 0. The van der Waals surface area contributed by atoms with Crippen molar-refractivity contribution in [1.29, 1.82) is 0 Å². The summed E-state index contributed by atoms with van der Waals surface area (Å²) in [4.78, 5) is 30.9. The van der Waals surface area contributed by atoms with E-state index in [9.17, 15) is 9.59 Å². The maximum absolute atomic E-state index is 12.4. The summed E-state index contributed by atoms with van der Waals surface area (Å²) in [5.74, 6) is 0.0841. The average molecular weight is 368 g/mol. The van der Waals surface area contributed by atoms with Crippen LogP contribution in [0, 0.1) is 0 Å². The van der Waals surface area contributed by atoms with E-state index in [2.05, 4.69) is 9.88 Å². The Morgan fingerprint density at radius 3 is 2.81 bits per heavy atom. The number of Topliss-reactive ketones (excluding diaryl/α,β-unsaturated/α-hetero) is 1. The number of amides is 1. The van der Waals surface area contributed by atoms with Crippen LogP contribution in [0.1, 0.15) is 52.1 Å². The predicted octanol–water partition coefficient (Wildman–Crippen LogP) is 1.96. The molecule has 0 aromatic carbocycles. The van der Waals surface area contributed by atoms with Crippen LogP contribution in [0.4, 0.5) is 0 Å². The van der Waals surface area contributed by atoms with Crippen LogP contribution in [0.15, 0.2) is 24.7 Å². The van der Waals surface area contributed by atoms with E-state index >= 15 is 0 Å². The SMILES string of the molecule is NC(=O)c1cn(-c2cnccc2OCCN2CCCC2)c2c1C(=O)CCC2. The van der Waals surface area contributed by atoms with Gasteiger partial charge in [-0.3, -0.25) is 19.5 Å². The molecule has 2 aromatic rings. The van der Waals surface area contributed by atoms with Gasteiger partial charge in [0.15, 0.2) is 5.78 Å². The van der Waals surface area contributed by atoms with Crippen molar-refractivity contribution in [2.75, 3.05) is 26.2 Å². The van der Waals surface area contributed by atoms with Crippen LogP contribution in [0.25, 0.3) is 5.69 Å². The van der Waals surface area contributed by atoms with Crippen molar-refractivity contribution in [3.8, 4) is 11.4 Å². The van der Waals surface area contributed by atoms with Crippen LogP contribution in [0.3, 0.4) is 0 Å². The van der Waals surface area contributed by atoms with Crippen molar-refractivity contribution in [1.82, 2.24) is 14.5 Å². The number of nitrogens with zero attached hydrogens (tertiary/aromatic N) is 3. The molecule has 0 radical (unpaired) electrons. The molecule has 1 aliphatic heterocycles. The van der Waals surface area contributed by atoms with E-state index in [-0.39, 0.29) is 11.3 Å².